The Bertz CT molecular complexity index is 83.7. The van der Waals surface area contributed by atoms with Gasteiger partial charge in [0.25, 0.3) is 0 Å². The minimum atomic E-state index is 0.345. The fourth-order valence-electron chi connectivity index (χ4n) is 1.11. The fourth-order valence-corrected chi connectivity index (χ4v) is 2.20. The Morgan fingerprint density at radius 1 is 1.50 bits per heavy atom. The molecule has 0 aromatic carbocycles. The lowest BCUT2D eigenvalue weighted by Gasteiger charge is -2.06. The predicted molar refractivity (Wildman–Crippen MR) is 45.2 cm³/mol. The molecule has 1 aliphatic heterocycles. The van der Waals surface area contributed by atoms with E-state index in [9.17, 15) is 0 Å². The molecule has 0 radical (unpaired) electrons. The lowest BCUT2D eigenvalue weighted by molar-refractivity contribution is 0.282. The van der Waals surface area contributed by atoms with Gasteiger partial charge in [-0.15, -0.1) is 11.8 Å². The van der Waals surface area contributed by atoms with Crippen LogP contribution in [0.2, 0.25) is 0 Å². The Kier molecular flexibility index (Phi) is 4.18. The zero-order chi connectivity index (χ0) is 7.23. The SMILES string of the molecule is OCCCCC1NCCS1. The molecule has 1 aliphatic rings. The predicted octanol–water partition coefficient (Wildman–Crippen LogP) is 0.811. The molecule has 0 aliphatic carbocycles. The van der Waals surface area contributed by atoms with E-state index in [1.54, 1.807) is 0 Å². The van der Waals surface area contributed by atoms with Crippen molar-refractivity contribution in [1.82, 2.24) is 5.32 Å². The van der Waals surface area contributed by atoms with E-state index in [2.05, 4.69) is 5.32 Å². The van der Waals surface area contributed by atoms with Gasteiger partial charge in [0.2, 0.25) is 0 Å². The van der Waals surface area contributed by atoms with Gasteiger partial charge in [0.05, 0.1) is 5.37 Å². The molecule has 1 fully saturated rings. The van der Waals surface area contributed by atoms with Gasteiger partial charge >= 0.3 is 0 Å². The molecule has 10 heavy (non-hydrogen) atoms. The highest BCUT2D eigenvalue weighted by molar-refractivity contribution is 8.00. The molecular formula is C7H15NOS. The van der Waals surface area contributed by atoms with Crippen molar-refractivity contribution in [2.75, 3.05) is 18.9 Å². The van der Waals surface area contributed by atoms with Gasteiger partial charge < -0.3 is 10.4 Å². The summed E-state index contributed by atoms with van der Waals surface area (Å²) in [4.78, 5) is 0. The van der Waals surface area contributed by atoms with Crippen LogP contribution in [-0.2, 0) is 0 Å². The average molecular weight is 161 g/mol. The number of hydrogen-bond acceptors (Lipinski definition) is 3. The number of thioether (sulfide) groups is 1. The number of nitrogens with one attached hydrogen (secondary N) is 1. The monoisotopic (exact) mass is 161 g/mol. The fraction of sp³-hybridized carbons (Fsp3) is 1.00. The second-order valence-electron chi connectivity index (χ2n) is 2.53. The highest BCUT2D eigenvalue weighted by Gasteiger charge is 2.12. The standard InChI is InChI=1S/C7H15NOS/c9-5-2-1-3-7-8-4-6-10-7/h7-9H,1-6H2. The summed E-state index contributed by atoms with van der Waals surface area (Å²) in [7, 11) is 0. The first-order valence-corrected chi connectivity index (χ1v) is 4.94. The normalized spacial score (nSPS) is 25.5. The van der Waals surface area contributed by atoms with E-state index < -0.39 is 0 Å². The van der Waals surface area contributed by atoms with E-state index in [1.165, 1.54) is 12.2 Å². The molecule has 2 nitrogen and oxygen atoms in total. The number of hydrogen-bond donors (Lipinski definition) is 2. The molecule has 3 heteroatoms. The zero-order valence-electron chi connectivity index (χ0n) is 6.18. The molecule has 2 N–H and O–H groups in total. The molecule has 0 aromatic heterocycles. The van der Waals surface area contributed by atoms with Crippen LogP contribution in [0.4, 0.5) is 0 Å². The van der Waals surface area contributed by atoms with E-state index in [-0.39, 0.29) is 0 Å². The summed E-state index contributed by atoms with van der Waals surface area (Å²) in [5, 5.41) is 12.6. The van der Waals surface area contributed by atoms with Gasteiger partial charge in [-0.05, 0) is 19.3 Å². The maximum atomic E-state index is 8.51. The third kappa shape index (κ3) is 2.90. The molecule has 1 rings (SSSR count). The number of rotatable bonds is 4. The second kappa shape index (κ2) is 4.99. The summed E-state index contributed by atoms with van der Waals surface area (Å²) >= 11 is 2.00. The van der Waals surface area contributed by atoms with Crippen LogP contribution in [0.1, 0.15) is 19.3 Å². The van der Waals surface area contributed by atoms with Crippen molar-refractivity contribution in [1.29, 1.82) is 0 Å². The molecule has 60 valence electrons. The molecule has 0 spiro atoms. The molecule has 1 atom stereocenters. The Morgan fingerprint density at radius 3 is 3.00 bits per heavy atom. The van der Waals surface area contributed by atoms with Crippen molar-refractivity contribution >= 4 is 11.8 Å². The van der Waals surface area contributed by atoms with Gasteiger partial charge in [-0.25, -0.2) is 0 Å². The van der Waals surface area contributed by atoms with E-state index >= 15 is 0 Å². The van der Waals surface area contributed by atoms with Crippen molar-refractivity contribution in [3.63, 3.8) is 0 Å². The minimum absolute atomic E-state index is 0.345. The summed E-state index contributed by atoms with van der Waals surface area (Å²) in [6, 6.07) is 0. The van der Waals surface area contributed by atoms with E-state index in [4.69, 9.17) is 5.11 Å². The largest absolute Gasteiger partial charge is 0.396 e. The van der Waals surface area contributed by atoms with Gasteiger partial charge in [-0.2, -0.15) is 0 Å². The average Bonchev–Trinajstić information content (AvgIpc) is 2.41. The number of aliphatic hydroxyl groups excluding tert-OH is 1. The van der Waals surface area contributed by atoms with Crippen molar-refractivity contribution in [3.05, 3.63) is 0 Å². The van der Waals surface area contributed by atoms with Crippen molar-refractivity contribution < 1.29 is 5.11 Å². The van der Waals surface area contributed by atoms with E-state index in [1.807, 2.05) is 11.8 Å². The quantitative estimate of drug-likeness (QED) is 0.598. The molecule has 1 heterocycles. The van der Waals surface area contributed by atoms with Crippen LogP contribution >= 0.6 is 11.8 Å². The second-order valence-corrected chi connectivity index (χ2v) is 3.84. The molecule has 0 saturated carbocycles. The Morgan fingerprint density at radius 2 is 2.40 bits per heavy atom. The van der Waals surface area contributed by atoms with Crippen LogP contribution in [0, 0.1) is 0 Å². The molecule has 0 aromatic rings. The summed E-state index contributed by atoms with van der Waals surface area (Å²) < 4.78 is 0. The van der Waals surface area contributed by atoms with Crippen LogP contribution < -0.4 is 5.32 Å². The topological polar surface area (TPSA) is 32.3 Å². The Hall–Kier alpha value is 0.270. The Balaban J connectivity index is 1.91. The Labute approximate surface area is 66.4 Å². The first kappa shape index (κ1) is 8.37. The maximum absolute atomic E-state index is 8.51. The minimum Gasteiger partial charge on any atom is -0.396 e. The molecule has 0 bridgehead atoms. The van der Waals surface area contributed by atoms with Crippen molar-refractivity contribution in [2.45, 2.75) is 24.6 Å². The summed E-state index contributed by atoms with van der Waals surface area (Å²) in [6.07, 6.45) is 3.32. The lowest BCUT2D eigenvalue weighted by Crippen LogP contribution is -2.19. The van der Waals surface area contributed by atoms with Gasteiger partial charge in [0.1, 0.15) is 0 Å². The lowest BCUT2D eigenvalue weighted by atomic mass is 10.2. The van der Waals surface area contributed by atoms with Gasteiger partial charge in [0, 0.05) is 18.9 Å². The molecule has 0 amide bonds. The summed E-state index contributed by atoms with van der Waals surface area (Å²) in [5.41, 5.74) is 0. The smallest absolute Gasteiger partial charge is 0.0532 e. The van der Waals surface area contributed by atoms with E-state index in [0.717, 1.165) is 19.4 Å². The van der Waals surface area contributed by atoms with Gasteiger partial charge in [-0.3, -0.25) is 0 Å². The van der Waals surface area contributed by atoms with Crippen LogP contribution in [0.25, 0.3) is 0 Å². The highest BCUT2D eigenvalue weighted by Crippen LogP contribution is 2.18. The third-order valence-corrected chi connectivity index (χ3v) is 2.91. The van der Waals surface area contributed by atoms with E-state index in [0.29, 0.717) is 12.0 Å². The van der Waals surface area contributed by atoms with Crippen LogP contribution in [0.5, 0.6) is 0 Å². The first-order valence-electron chi connectivity index (χ1n) is 3.89. The number of aliphatic hydroxyl groups is 1. The molecular weight excluding hydrogens is 146 g/mol. The van der Waals surface area contributed by atoms with Crippen molar-refractivity contribution in [3.8, 4) is 0 Å². The van der Waals surface area contributed by atoms with Crippen LogP contribution in [0.3, 0.4) is 0 Å². The zero-order valence-corrected chi connectivity index (χ0v) is 6.99. The highest BCUT2D eigenvalue weighted by atomic mass is 32.2. The number of unbranched alkanes of at least 4 members (excludes halogenated alkanes) is 1. The van der Waals surface area contributed by atoms with Gasteiger partial charge in [-0.1, -0.05) is 0 Å². The molecule has 1 unspecified atom stereocenters. The van der Waals surface area contributed by atoms with Gasteiger partial charge in [0.15, 0.2) is 0 Å². The summed E-state index contributed by atoms with van der Waals surface area (Å²) in [5.74, 6) is 1.25. The third-order valence-electron chi connectivity index (χ3n) is 1.67. The maximum Gasteiger partial charge on any atom is 0.0532 e. The van der Waals surface area contributed by atoms with Crippen LogP contribution in [0.15, 0.2) is 0 Å². The molecule has 1 saturated heterocycles. The first-order chi connectivity index (χ1) is 4.93. The van der Waals surface area contributed by atoms with Crippen LogP contribution in [-0.4, -0.2) is 29.4 Å². The summed E-state index contributed by atoms with van der Waals surface area (Å²) in [6.45, 7) is 1.51. The van der Waals surface area contributed by atoms with Crippen molar-refractivity contribution in [2.24, 2.45) is 0 Å².